The maximum atomic E-state index is 12.9. The van der Waals surface area contributed by atoms with Crippen molar-refractivity contribution in [1.82, 2.24) is 0 Å². The van der Waals surface area contributed by atoms with Crippen molar-refractivity contribution < 1.29 is 18.0 Å². The SMILES string of the molecule is Cc1ccc(C)c(SCC(=O)Nc2ccccc2C(F)(F)F)c1. The van der Waals surface area contributed by atoms with Crippen LogP contribution in [0, 0.1) is 13.8 Å². The summed E-state index contributed by atoms with van der Waals surface area (Å²) in [6.07, 6.45) is -4.50. The van der Waals surface area contributed by atoms with Gasteiger partial charge in [0.1, 0.15) is 0 Å². The van der Waals surface area contributed by atoms with Gasteiger partial charge in [0.2, 0.25) is 5.91 Å². The Kier molecular flexibility index (Phi) is 5.36. The number of amides is 1. The molecule has 0 saturated carbocycles. The highest BCUT2D eigenvalue weighted by molar-refractivity contribution is 8.00. The third-order valence-electron chi connectivity index (χ3n) is 3.21. The highest BCUT2D eigenvalue weighted by atomic mass is 32.2. The fourth-order valence-corrected chi connectivity index (χ4v) is 2.96. The first kappa shape index (κ1) is 17.4. The molecule has 0 atom stereocenters. The van der Waals surface area contributed by atoms with E-state index in [4.69, 9.17) is 0 Å². The molecule has 0 radical (unpaired) electrons. The van der Waals surface area contributed by atoms with Gasteiger partial charge in [-0.1, -0.05) is 29.8 Å². The zero-order valence-electron chi connectivity index (χ0n) is 12.7. The predicted octanol–water partition coefficient (Wildman–Crippen LogP) is 5.05. The summed E-state index contributed by atoms with van der Waals surface area (Å²) in [5, 5.41) is 2.34. The van der Waals surface area contributed by atoms with E-state index < -0.39 is 17.6 Å². The number of carbonyl (C=O) groups is 1. The van der Waals surface area contributed by atoms with Crippen LogP contribution >= 0.6 is 11.8 Å². The second-order valence-corrected chi connectivity index (χ2v) is 6.17. The Labute approximate surface area is 137 Å². The molecule has 2 aromatic carbocycles. The number of hydrogen-bond donors (Lipinski definition) is 1. The zero-order valence-corrected chi connectivity index (χ0v) is 13.5. The van der Waals surface area contributed by atoms with E-state index in [1.807, 2.05) is 32.0 Å². The molecule has 122 valence electrons. The van der Waals surface area contributed by atoms with Crippen molar-refractivity contribution >= 4 is 23.4 Å². The average Bonchev–Trinajstić information content (AvgIpc) is 2.47. The van der Waals surface area contributed by atoms with Crippen molar-refractivity contribution in [3.63, 3.8) is 0 Å². The molecule has 0 fully saturated rings. The number of hydrogen-bond acceptors (Lipinski definition) is 2. The summed E-state index contributed by atoms with van der Waals surface area (Å²) < 4.78 is 38.7. The standard InChI is InChI=1S/C17H16F3NOS/c1-11-7-8-12(2)15(9-11)23-10-16(22)21-14-6-4-3-5-13(14)17(18,19)20/h3-9H,10H2,1-2H3,(H,21,22). The van der Waals surface area contributed by atoms with Crippen molar-refractivity contribution in [3.05, 3.63) is 59.2 Å². The monoisotopic (exact) mass is 339 g/mol. The van der Waals surface area contributed by atoms with E-state index in [1.165, 1.54) is 30.0 Å². The lowest BCUT2D eigenvalue weighted by Crippen LogP contribution is -2.18. The van der Waals surface area contributed by atoms with Crippen LogP contribution in [0.15, 0.2) is 47.4 Å². The molecule has 0 unspecified atom stereocenters. The van der Waals surface area contributed by atoms with E-state index in [0.717, 1.165) is 22.1 Å². The fourth-order valence-electron chi connectivity index (χ4n) is 2.03. The molecule has 0 aliphatic carbocycles. The Hall–Kier alpha value is -1.95. The number of benzene rings is 2. The largest absolute Gasteiger partial charge is 0.418 e. The topological polar surface area (TPSA) is 29.1 Å². The van der Waals surface area contributed by atoms with Crippen molar-refractivity contribution in [2.24, 2.45) is 0 Å². The lowest BCUT2D eigenvalue weighted by molar-refractivity contribution is -0.137. The molecule has 2 rings (SSSR count). The van der Waals surface area contributed by atoms with Gasteiger partial charge in [-0.2, -0.15) is 13.2 Å². The molecule has 1 N–H and O–H groups in total. The smallest absolute Gasteiger partial charge is 0.325 e. The molecule has 0 aliphatic rings. The van der Waals surface area contributed by atoms with E-state index in [2.05, 4.69) is 5.32 Å². The first-order valence-electron chi connectivity index (χ1n) is 6.93. The molecule has 2 aromatic rings. The molecule has 0 aromatic heterocycles. The fraction of sp³-hybridized carbons (Fsp3) is 0.235. The normalized spacial score (nSPS) is 11.3. The van der Waals surface area contributed by atoms with Gasteiger partial charge in [-0.3, -0.25) is 4.79 Å². The van der Waals surface area contributed by atoms with Crippen molar-refractivity contribution in [1.29, 1.82) is 0 Å². The predicted molar refractivity (Wildman–Crippen MR) is 86.7 cm³/mol. The number of anilines is 1. The Bertz CT molecular complexity index is 713. The summed E-state index contributed by atoms with van der Waals surface area (Å²) in [4.78, 5) is 12.9. The molecule has 0 heterocycles. The van der Waals surface area contributed by atoms with E-state index in [9.17, 15) is 18.0 Å². The molecular weight excluding hydrogens is 323 g/mol. The van der Waals surface area contributed by atoms with Gasteiger partial charge in [-0.05, 0) is 37.6 Å². The Morgan fingerprint density at radius 3 is 2.52 bits per heavy atom. The first-order chi connectivity index (χ1) is 10.8. The molecule has 1 amide bonds. The van der Waals surface area contributed by atoms with Crippen molar-refractivity contribution in [3.8, 4) is 0 Å². The van der Waals surface area contributed by atoms with Crippen LogP contribution in [-0.4, -0.2) is 11.7 Å². The van der Waals surface area contributed by atoms with Gasteiger partial charge >= 0.3 is 6.18 Å². The van der Waals surface area contributed by atoms with Crippen molar-refractivity contribution in [2.45, 2.75) is 24.9 Å². The van der Waals surface area contributed by atoms with Gasteiger partial charge in [-0.25, -0.2) is 0 Å². The third-order valence-corrected chi connectivity index (χ3v) is 4.37. The molecular formula is C17H16F3NOS. The third kappa shape index (κ3) is 4.76. The number of aryl methyl sites for hydroxylation is 2. The second kappa shape index (κ2) is 7.08. The minimum absolute atomic E-state index is 0.0521. The minimum Gasteiger partial charge on any atom is -0.325 e. The van der Waals surface area contributed by atoms with Crippen LogP contribution in [0.4, 0.5) is 18.9 Å². The van der Waals surface area contributed by atoms with E-state index in [0.29, 0.717) is 0 Å². The summed E-state index contributed by atoms with van der Waals surface area (Å²) in [5.74, 6) is -0.413. The highest BCUT2D eigenvalue weighted by Gasteiger charge is 2.33. The van der Waals surface area contributed by atoms with Gasteiger partial charge in [0, 0.05) is 4.90 Å². The maximum Gasteiger partial charge on any atom is 0.418 e. The van der Waals surface area contributed by atoms with Crippen LogP contribution in [0.5, 0.6) is 0 Å². The van der Waals surface area contributed by atoms with E-state index in [-0.39, 0.29) is 11.4 Å². The van der Waals surface area contributed by atoms with Crippen molar-refractivity contribution in [2.75, 3.05) is 11.1 Å². The van der Waals surface area contributed by atoms with E-state index >= 15 is 0 Å². The highest BCUT2D eigenvalue weighted by Crippen LogP contribution is 2.34. The molecule has 0 aliphatic heterocycles. The van der Waals surface area contributed by atoms with Gasteiger partial charge < -0.3 is 5.32 Å². The Morgan fingerprint density at radius 2 is 1.83 bits per heavy atom. The van der Waals surface area contributed by atoms with Crippen LogP contribution in [0.2, 0.25) is 0 Å². The number of alkyl halides is 3. The average molecular weight is 339 g/mol. The Morgan fingerprint density at radius 1 is 1.13 bits per heavy atom. The Balaban J connectivity index is 2.05. The lowest BCUT2D eigenvalue weighted by Gasteiger charge is -2.13. The summed E-state index contributed by atoms with van der Waals surface area (Å²) in [6.45, 7) is 3.88. The number of nitrogens with one attached hydrogen (secondary N) is 1. The quantitative estimate of drug-likeness (QED) is 0.790. The van der Waals surface area contributed by atoms with Gasteiger partial charge in [0.05, 0.1) is 17.0 Å². The molecule has 0 spiro atoms. The second-order valence-electron chi connectivity index (χ2n) is 5.15. The molecule has 0 saturated heterocycles. The van der Waals surface area contributed by atoms with E-state index in [1.54, 1.807) is 0 Å². The van der Waals surface area contributed by atoms with Crippen LogP contribution in [0.1, 0.15) is 16.7 Å². The summed E-state index contributed by atoms with van der Waals surface area (Å²) in [6, 6.07) is 10.8. The maximum absolute atomic E-state index is 12.9. The number of thioether (sulfide) groups is 1. The first-order valence-corrected chi connectivity index (χ1v) is 7.92. The summed E-state index contributed by atoms with van der Waals surface area (Å²) in [5.41, 5.74) is 1.04. The zero-order chi connectivity index (χ0) is 17.0. The number of halogens is 3. The molecule has 0 bridgehead atoms. The molecule has 2 nitrogen and oxygen atoms in total. The summed E-state index contributed by atoms with van der Waals surface area (Å²) >= 11 is 1.31. The van der Waals surface area contributed by atoms with Gasteiger partial charge in [0.15, 0.2) is 0 Å². The molecule has 6 heteroatoms. The van der Waals surface area contributed by atoms with Crippen LogP contribution in [0.3, 0.4) is 0 Å². The van der Waals surface area contributed by atoms with Gasteiger partial charge in [-0.15, -0.1) is 11.8 Å². The molecule has 23 heavy (non-hydrogen) atoms. The number of carbonyl (C=O) groups excluding carboxylic acids is 1. The van der Waals surface area contributed by atoms with Crippen LogP contribution < -0.4 is 5.32 Å². The number of para-hydroxylation sites is 1. The minimum atomic E-state index is -4.50. The van der Waals surface area contributed by atoms with Gasteiger partial charge in [0.25, 0.3) is 0 Å². The summed E-state index contributed by atoms with van der Waals surface area (Å²) in [7, 11) is 0. The lowest BCUT2D eigenvalue weighted by atomic mass is 10.1. The number of rotatable bonds is 4. The van der Waals surface area contributed by atoms with Crippen LogP contribution in [-0.2, 0) is 11.0 Å². The van der Waals surface area contributed by atoms with Crippen LogP contribution in [0.25, 0.3) is 0 Å².